The lowest BCUT2D eigenvalue weighted by atomic mass is 10.0. The van der Waals surface area contributed by atoms with E-state index in [2.05, 4.69) is 32.2 Å². The van der Waals surface area contributed by atoms with Gasteiger partial charge in [0.1, 0.15) is 0 Å². The van der Waals surface area contributed by atoms with Crippen LogP contribution in [-0.2, 0) is 0 Å². The number of hydrogen-bond acceptors (Lipinski definition) is 2. The van der Waals surface area contributed by atoms with Crippen LogP contribution in [-0.4, -0.2) is 6.04 Å². The van der Waals surface area contributed by atoms with Gasteiger partial charge in [-0.25, -0.2) is 0 Å². The van der Waals surface area contributed by atoms with E-state index < -0.39 is 0 Å². The highest BCUT2D eigenvalue weighted by atomic mass is 14.9. The van der Waals surface area contributed by atoms with Crippen molar-refractivity contribution in [2.45, 2.75) is 33.2 Å². The van der Waals surface area contributed by atoms with Gasteiger partial charge in [-0.15, -0.1) is 0 Å². The first-order valence-electron chi connectivity index (χ1n) is 5.44. The minimum absolute atomic E-state index is 0.434. The highest BCUT2D eigenvalue weighted by Crippen LogP contribution is 2.15. The van der Waals surface area contributed by atoms with Gasteiger partial charge in [0.25, 0.3) is 0 Å². The first-order chi connectivity index (χ1) is 7.17. The largest absolute Gasteiger partial charge is 0.382 e. The zero-order valence-corrected chi connectivity index (χ0v) is 9.62. The molecule has 15 heavy (non-hydrogen) atoms. The second kappa shape index (κ2) is 5.41. The molecule has 0 aliphatic rings. The Labute approximate surface area is 91.9 Å². The first-order valence-corrected chi connectivity index (χ1v) is 5.44. The molecule has 0 aromatic heterocycles. The quantitative estimate of drug-likeness (QED) is 0.812. The van der Waals surface area contributed by atoms with Gasteiger partial charge in [0.15, 0.2) is 0 Å². The SMILES string of the molecule is CCC(C)C(C)Nc1cccc(C#N)c1. The Kier molecular flexibility index (Phi) is 4.17. The molecule has 0 fully saturated rings. The molecular formula is C13H18N2. The van der Waals surface area contributed by atoms with Crippen molar-refractivity contribution in [2.24, 2.45) is 5.92 Å². The van der Waals surface area contributed by atoms with Crippen molar-refractivity contribution in [2.75, 3.05) is 5.32 Å². The minimum atomic E-state index is 0.434. The molecule has 2 heteroatoms. The van der Waals surface area contributed by atoms with E-state index in [4.69, 9.17) is 5.26 Å². The highest BCUT2D eigenvalue weighted by Gasteiger charge is 2.09. The summed E-state index contributed by atoms with van der Waals surface area (Å²) in [6.45, 7) is 6.59. The van der Waals surface area contributed by atoms with E-state index in [-0.39, 0.29) is 0 Å². The zero-order chi connectivity index (χ0) is 11.3. The monoisotopic (exact) mass is 202 g/mol. The fourth-order valence-corrected chi connectivity index (χ4v) is 1.44. The predicted octanol–water partition coefficient (Wildman–Crippen LogP) is 3.40. The second-order valence-electron chi connectivity index (χ2n) is 4.01. The molecule has 0 heterocycles. The van der Waals surface area contributed by atoms with Crippen LogP contribution in [0.25, 0.3) is 0 Å². The van der Waals surface area contributed by atoms with Crippen LogP contribution in [0.15, 0.2) is 24.3 Å². The van der Waals surface area contributed by atoms with Gasteiger partial charge >= 0.3 is 0 Å². The Morgan fingerprint density at radius 2 is 2.13 bits per heavy atom. The van der Waals surface area contributed by atoms with Crippen molar-refractivity contribution in [3.8, 4) is 6.07 Å². The highest BCUT2D eigenvalue weighted by molar-refractivity contribution is 5.49. The van der Waals surface area contributed by atoms with Gasteiger partial charge in [-0.1, -0.05) is 26.3 Å². The van der Waals surface area contributed by atoms with Crippen molar-refractivity contribution in [3.63, 3.8) is 0 Å². The standard InChI is InChI=1S/C13H18N2/c1-4-10(2)11(3)15-13-7-5-6-12(8-13)9-14/h5-8,10-11,15H,4H2,1-3H3. The summed E-state index contributed by atoms with van der Waals surface area (Å²) < 4.78 is 0. The van der Waals surface area contributed by atoms with Crippen LogP contribution in [0.1, 0.15) is 32.8 Å². The summed E-state index contributed by atoms with van der Waals surface area (Å²) >= 11 is 0. The molecule has 0 aliphatic heterocycles. The molecule has 1 N–H and O–H groups in total. The van der Waals surface area contributed by atoms with Crippen LogP contribution < -0.4 is 5.32 Å². The molecule has 80 valence electrons. The van der Waals surface area contributed by atoms with Crippen molar-refractivity contribution < 1.29 is 0 Å². The summed E-state index contributed by atoms with van der Waals surface area (Å²) in [4.78, 5) is 0. The molecule has 0 bridgehead atoms. The van der Waals surface area contributed by atoms with Crippen LogP contribution in [0.3, 0.4) is 0 Å². The van der Waals surface area contributed by atoms with Crippen molar-refractivity contribution in [3.05, 3.63) is 29.8 Å². The predicted molar refractivity (Wildman–Crippen MR) is 63.7 cm³/mol. The Hall–Kier alpha value is -1.49. The molecule has 2 unspecified atom stereocenters. The third-order valence-electron chi connectivity index (χ3n) is 2.88. The molecule has 1 aromatic rings. The third kappa shape index (κ3) is 3.28. The molecule has 1 aromatic carbocycles. The fourth-order valence-electron chi connectivity index (χ4n) is 1.44. The number of anilines is 1. The molecule has 2 atom stereocenters. The molecule has 0 amide bonds. The van der Waals surface area contributed by atoms with Gasteiger partial charge in [0.05, 0.1) is 11.6 Å². The molecule has 0 spiro atoms. The molecule has 0 saturated heterocycles. The topological polar surface area (TPSA) is 35.8 Å². The summed E-state index contributed by atoms with van der Waals surface area (Å²) in [5.74, 6) is 0.635. The number of nitrogens with one attached hydrogen (secondary N) is 1. The fraction of sp³-hybridized carbons (Fsp3) is 0.462. The van der Waals surface area contributed by atoms with E-state index in [1.165, 1.54) is 0 Å². The lowest BCUT2D eigenvalue weighted by molar-refractivity contribution is 0.494. The molecule has 1 rings (SSSR count). The molecule has 2 nitrogen and oxygen atoms in total. The normalized spacial score (nSPS) is 14.0. The van der Waals surface area contributed by atoms with E-state index in [1.807, 2.05) is 24.3 Å². The Morgan fingerprint density at radius 1 is 1.40 bits per heavy atom. The average molecular weight is 202 g/mol. The number of benzene rings is 1. The average Bonchev–Trinajstić information content (AvgIpc) is 2.28. The maximum Gasteiger partial charge on any atom is 0.0992 e. The lowest BCUT2D eigenvalue weighted by Gasteiger charge is -2.21. The summed E-state index contributed by atoms with van der Waals surface area (Å²) in [5.41, 5.74) is 1.73. The van der Waals surface area contributed by atoms with Crippen molar-refractivity contribution in [1.29, 1.82) is 5.26 Å². The Balaban J connectivity index is 2.68. The molecule has 0 saturated carbocycles. The smallest absolute Gasteiger partial charge is 0.0992 e. The van der Waals surface area contributed by atoms with Crippen LogP contribution in [0.4, 0.5) is 5.69 Å². The summed E-state index contributed by atoms with van der Waals surface area (Å²) in [6, 6.07) is 10.2. The van der Waals surface area contributed by atoms with Crippen LogP contribution >= 0.6 is 0 Å². The number of nitrogens with zero attached hydrogens (tertiary/aromatic N) is 1. The van der Waals surface area contributed by atoms with E-state index >= 15 is 0 Å². The van der Waals surface area contributed by atoms with E-state index in [9.17, 15) is 0 Å². The number of hydrogen-bond donors (Lipinski definition) is 1. The minimum Gasteiger partial charge on any atom is -0.382 e. The zero-order valence-electron chi connectivity index (χ0n) is 9.62. The van der Waals surface area contributed by atoms with Crippen LogP contribution in [0.2, 0.25) is 0 Å². The maximum atomic E-state index is 8.77. The maximum absolute atomic E-state index is 8.77. The number of rotatable bonds is 4. The Morgan fingerprint density at radius 3 is 2.73 bits per heavy atom. The third-order valence-corrected chi connectivity index (χ3v) is 2.88. The van der Waals surface area contributed by atoms with E-state index in [1.54, 1.807) is 0 Å². The van der Waals surface area contributed by atoms with E-state index in [0.717, 1.165) is 12.1 Å². The van der Waals surface area contributed by atoms with Crippen molar-refractivity contribution >= 4 is 5.69 Å². The Bertz CT molecular complexity index is 352. The summed E-state index contributed by atoms with van der Waals surface area (Å²) in [6.07, 6.45) is 1.16. The van der Waals surface area contributed by atoms with Gasteiger partial charge < -0.3 is 5.32 Å². The van der Waals surface area contributed by atoms with Gasteiger partial charge in [-0.05, 0) is 31.0 Å². The lowest BCUT2D eigenvalue weighted by Crippen LogP contribution is -2.23. The van der Waals surface area contributed by atoms with Gasteiger partial charge in [0, 0.05) is 11.7 Å². The van der Waals surface area contributed by atoms with Crippen molar-refractivity contribution in [1.82, 2.24) is 0 Å². The van der Waals surface area contributed by atoms with Gasteiger partial charge in [-0.3, -0.25) is 0 Å². The van der Waals surface area contributed by atoms with Crippen LogP contribution in [0, 0.1) is 17.2 Å². The molecule has 0 aliphatic carbocycles. The van der Waals surface area contributed by atoms with E-state index in [0.29, 0.717) is 17.5 Å². The summed E-state index contributed by atoms with van der Waals surface area (Å²) in [7, 11) is 0. The number of nitriles is 1. The first kappa shape index (κ1) is 11.6. The molecule has 0 radical (unpaired) electrons. The summed E-state index contributed by atoms with van der Waals surface area (Å²) in [5, 5.41) is 12.2. The van der Waals surface area contributed by atoms with Gasteiger partial charge in [0.2, 0.25) is 0 Å². The second-order valence-corrected chi connectivity index (χ2v) is 4.01. The van der Waals surface area contributed by atoms with Crippen LogP contribution in [0.5, 0.6) is 0 Å². The van der Waals surface area contributed by atoms with Gasteiger partial charge in [-0.2, -0.15) is 5.26 Å². The molecular weight excluding hydrogens is 184 g/mol.